The highest BCUT2D eigenvalue weighted by Gasteiger charge is 2.11. The van der Waals surface area contributed by atoms with Crippen molar-refractivity contribution in [3.05, 3.63) is 62.8 Å². The molecule has 0 bridgehead atoms. The van der Waals surface area contributed by atoms with Crippen molar-refractivity contribution in [2.45, 2.75) is 13.0 Å². The first-order valence-corrected chi connectivity index (χ1v) is 7.35. The monoisotopic (exact) mass is 356 g/mol. The Hall–Kier alpha value is -1.10. The Labute approximate surface area is 131 Å². The van der Waals surface area contributed by atoms with Gasteiger partial charge in [-0.15, -0.1) is 0 Å². The van der Waals surface area contributed by atoms with E-state index in [1.807, 2.05) is 25.1 Å². The molecule has 5 heteroatoms. The second-order valence-electron chi connectivity index (χ2n) is 4.60. The topological polar surface area (TPSA) is 38.0 Å². The summed E-state index contributed by atoms with van der Waals surface area (Å²) in [4.78, 5) is 0. The van der Waals surface area contributed by atoms with Crippen LogP contribution in [-0.4, -0.2) is 6.54 Å². The highest BCUT2D eigenvalue weighted by molar-refractivity contribution is 9.10. The summed E-state index contributed by atoms with van der Waals surface area (Å²) >= 11 is 9.35. The third-order valence-corrected chi connectivity index (χ3v) is 4.11. The van der Waals surface area contributed by atoms with Crippen LogP contribution in [0.15, 0.2) is 40.9 Å². The molecule has 0 spiro atoms. The van der Waals surface area contributed by atoms with Crippen LogP contribution in [0.3, 0.4) is 0 Å². The minimum atomic E-state index is -0.374. The molecular formula is C15H15BrClFN2. The van der Waals surface area contributed by atoms with Crippen LogP contribution in [0.4, 0.5) is 10.1 Å². The van der Waals surface area contributed by atoms with Gasteiger partial charge in [0.05, 0.1) is 6.04 Å². The van der Waals surface area contributed by atoms with Crippen molar-refractivity contribution in [3.63, 3.8) is 0 Å². The van der Waals surface area contributed by atoms with E-state index in [0.29, 0.717) is 17.3 Å². The van der Waals surface area contributed by atoms with Crippen molar-refractivity contribution in [3.8, 4) is 0 Å². The molecule has 1 atom stereocenters. The zero-order chi connectivity index (χ0) is 14.7. The highest BCUT2D eigenvalue weighted by atomic mass is 79.9. The second-order valence-corrected chi connectivity index (χ2v) is 5.89. The summed E-state index contributed by atoms with van der Waals surface area (Å²) < 4.78 is 14.4. The zero-order valence-electron chi connectivity index (χ0n) is 11.0. The molecule has 0 heterocycles. The average molecular weight is 358 g/mol. The Bertz CT molecular complexity index is 599. The average Bonchev–Trinajstić information content (AvgIpc) is 2.38. The van der Waals surface area contributed by atoms with E-state index in [1.165, 1.54) is 12.1 Å². The molecule has 1 unspecified atom stereocenters. The molecule has 0 aliphatic rings. The number of nitrogens with one attached hydrogen (secondary N) is 1. The van der Waals surface area contributed by atoms with Crippen molar-refractivity contribution >= 4 is 33.2 Å². The maximum absolute atomic E-state index is 13.3. The fourth-order valence-corrected chi connectivity index (χ4v) is 2.56. The van der Waals surface area contributed by atoms with Crippen molar-refractivity contribution in [1.82, 2.24) is 0 Å². The molecule has 3 N–H and O–H groups in total. The Morgan fingerprint density at radius 3 is 2.65 bits per heavy atom. The Kier molecular flexibility index (Phi) is 5.02. The molecule has 2 aromatic rings. The van der Waals surface area contributed by atoms with Crippen LogP contribution in [0.25, 0.3) is 0 Å². The normalized spacial score (nSPS) is 12.2. The van der Waals surface area contributed by atoms with E-state index in [1.54, 1.807) is 6.07 Å². The lowest BCUT2D eigenvalue weighted by molar-refractivity contribution is 0.627. The predicted octanol–water partition coefficient (Wildman–Crippen LogP) is 4.66. The molecule has 0 amide bonds. The minimum Gasteiger partial charge on any atom is -0.377 e. The highest BCUT2D eigenvalue weighted by Crippen LogP contribution is 2.26. The molecule has 2 nitrogen and oxygen atoms in total. The number of rotatable bonds is 4. The lowest BCUT2D eigenvalue weighted by atomic mass is 10.0. The first kappa shape index (κ1) is 15.3. The van der Waals surface area contributed by atoms with Crippen LogP contribution in [-0.2, 0) is 0 Å². The smallest absolute Gasteiger partial charge is 0.126 e. The molecular weight excluding hydrogens is 343 g/mol. The summed E-state index contributed by atoms with van der Waals surface area (Å²) in [5.41, 5.74) is 8.61. The molecule has 0 saturated heterocycles. The number of aryl methyl sites for hydroxylation is 1. The molecule has 2 rings (SSSR count). The summed E-state index contributed by atoms with van der Waals surface area (Å²) in [6.07, 6.45) is 0. The third-order valence-electron chi connectivity index (χ3n) is 3.04. The van der Waals surface area contributed by atoms with Crippen molar-refractivity contribution in [2.75, 3.05) is 11.9 Å². The first-order valence-electron chi connectivity index (χ1n) is 6.18. The zero-order valence-corrected chi connectivity index (χ0v) is 13.3. The van der Waals surface area contributed by atoms with E-state index < -0.39 is 0 Å². The Morgan fingerprint density at radius 1 is 1.30 bits per heavy atom. The van der Waals surface area contributed by atoms with Crippen molar-refractivity contribution in [1.29, 1.82) is 0 Å². The summed E-state index contributed by atoms with van der Waals surface area (Å²) in [5.74, 6) is -0.374. The molecule has 2 aromatic carbocycles. The maximum Gasteiger partial charge on any atom is 0.126 e. The maximum atomic E-state index is 13.3. The van der Waals surface area contributed by atoms with Gasteiger partial charge >= 0.3 is 0 Å². The van der Waals surface area contributed by atoms with E-state index in [4.69, 9.17) is 17.3 Å². The van der Waals surface area contributed by atoms with Crippen molar-refractivity contribution < 1.29 is 4.39 Å². The number of anilines is 1. The van der Waals surface area contributed by atoms with E-state index in [2.05, 4.69) is 21.2 Å². The van der Waals surface area contributed by atoms with Crippen LogP contribution >= 0.6 is 27.5 Å². The Balaban J connectivity index is 2.26. The summed E-state index contributed by atoms with van der Waals surface area (Å²) in [6, 6.07) is 10.3. The van der Waals surface area contributed by atoms with Gasteiger partial charge in [-0.25, -0.2) is 4.39 Å². The van der Waals surface area contributed by atoms with Gasteiger partial charge in [0.1, 0.15) is 5.82 Å². The van der Waals surface area contributed by atoms with E-state index in [-0.39, 0.29) is 11.9 Å². The standard InChI is InChI=1S/C15H15BrClFN2/c1-9-2-3-10(4-14(9)16)15(8-19)20-13-6-11(17)5-12(18)7-13/h2-7,15,20H,8,19H2,1H3. The fourth-order valence-electron chi connectivity index (χ4n) is 1.94. The fraction of sp³-hybridized carbons (Fsp3) is 0.200. The number of benzene rings is 2. The van der Waals surface area contributed by atoms with Gasteiger partial charge in [-0.2, -0.15) is 0 Å². The molecule has 106 valence electrons. The third kappa shape index (κ3) is 3.72. The molecule has 0 aromatic heterocycles. The van der Waals surface area contributed by atoms with E-state index in [9.17, 15) is 4.39 Å². The van der Waals surface area contributed by atoms with Crippen LogP contribution < -0.4 is 11.1 Å². The molecule has 0 aliphatic heterocycles. The van der Waals surface area contributed by atoms with Gasteiger partial charge < -0.3 is 11.1 Å². The van der Waals surface area contributed by atoms with Crippen LogP contribution in [0, 0.1) is 12.7 Å². The number of nitrogens with two attached hydrogens (primary N) is 1. The minimum absolute atomic E-state index is 0.107. The number of hydrogen-bond acceptors (Lipinski definition) is 2. The molecule has 0 radical (unpaired) electrons. The van der Waals surface area contributed by atoms with E-state index in [0.717, 1.165) is 15.6 Å². The summed E-state index contributed by atoms with van der Waals surface area (Å²) in [5, 5.41) is 3.56. The molecule has 20 heavy (non-hydrogen) atoms. The van der Waals surface area contributed by atoms with Crippen LogP contribution in [0.1, 0.15) is 17.2 Å². The van der Waals surface area contributed by atoms with Gasteiger partial charge in [-0.3, -0.25) is 0 Å². The van der Waals surface area contributed by atoms with Crippen LogP contribution in [0.2, 0.25) is 5.02 Å². The SMILES string of the molecule is Cc1ccc(C(CN)Nc2cc(F)cc(Cl)c2)cc1Br. The van der Waals surface area contributed by atoms with Gasteiger partial charge in [0.2, 0.25) is 0 Å². The number of hydrogen-bond donors (Lipinski definition) is 2. The molecule has 0 fully saturated rings. The summed E-state index contributed by atoms with van der Waals surface area (Å²) in [6.45, 7) is 2.41. The van der Waals surface area contributed by atoms with Gasteiger partial charge in [0.15, 0.2) is 0 Å². The lowest BCUT2D eigenvalue weighted by Gasteiger charge is -2.19. The quantitative estimate of drug-likeness (QED) is 0.835. The lowest BCUT2D eigenvalue weighted by Crippen LogP contribution is -2.20. The largest absolute Gasteiger partial charge is 0.377 e. The van der Waals surface area contributed by atoms with Gasteiger partial charge in [-0.05, 0) is 42.3 Å². The Morgan fingerprint density at radius 2 is 2.05 bits per heavy atom. The van der Waals surface area contributed by atoms with Crippen molar-refractivity contribution in [2.24, 2.45) is 5.73 Å². The predicted molar refractivity (Wildman–Crippen MR) is 85.7 cm³/mol. The first-order chi connectivity index (χ1) is 9.49. The van der Waals surface area contributed by atoms with Gasteiger partial charge in [0.25, 0.3) is 0 Å². The van der Waals surface area contributed by atoms with Gasteiger partial charge in [0, 0.05) is 21.7 Å². The molecule has 0 aliphatic carbocycles. The summed E-state index contributed by atoms with van der Waals surface area (Å²) in [7, 11) is 0. The van der Waals surface area contributed by atoms with E-state index >= 15 is 0 Å². The number of halogens is 3. The molecule has 0 saturated carbocycles. The second kappa shape index (κ2) is 6.57. The van der Waals surface area contributed by atoms with Gasteiger partial charge in [-0.1, -0.05) is 39.7 Å². The van der Waals surface area contributed by atoms with Crippen LogP contribution in [0.5, 0.6) is 0 Å².